The first-order chi connectivity index (χ1) is 9.18. The average Bonchev–Trinajstić information content (AvgIpc) is 3.34. The Labute approximate surface area is 111 Å². The summed E-state index contributed by atoms with van der Waals surface area (Å²) >= 11 is 0. The second-order valence-electron chi connectivity index (χ2n) is 5.28. The zero-order valence-corrected chi connectivity index (χ0v) is 10.8. The van der Waals surface area contributed by atoms with Crippen molar-refractivity contribution in [2.45, 2.75) is 35.8 Å². The molecule has 1 aromatic rings. The summed E-state index contributed by atoms with van der Waals surface area (Å²) in [4.78, 5) is 0. The molecule has 1 unspecified atom stereocenters. The largest absolute Gasteiger partial charge is 0.379 e. The number of hydrogen-bond acceptors (Lipinski definition) is 5. The van der Waals surface area contributed by atoms with E-state index in [1.165, 1.54) is 0 Å². The Balaban J connectivity index is 1.74. The summed E-state index contributed by atoms with van der Waals surface area (Å²) in [6, 6.07) is 9.50. The fraction of sp³-hybridized carbons (Fsp3) is 0.571. The summed E-state index contributed by atoms with van der Waals surface area (Å²) in [7, 11) is 3.15. The van der Waals surface area contributed by atoms with E-state index in [-0.39, 0.29) is 24.4 Å². The van der Waals surface area contributed by atoms with Gasteiger partial charge in [0.25, 0.3) is 0 Å². The first kappa shape index (κ1) is 11.8. The first-order valence-electron chi connectivity index (χ1n) is 6.37. The lowest BCUT2D eigenvalue weighted by Gasteiger charge is -2.35. The fourth-order valence-electron chi connectivity index (χ4n) is 3.41. The van der Waals surface area contributed by atoms with Gasteiger partial charge in [-0.1, -0.05) is 30.3 Å². The highest BCUT2D eigenvalue weighted by Crippen LogP contribution is 2.62. The molecule has 3 fully saturated rings. The van der Waals surface area contributed by atoms with Crippen LogP contribution in [-0.2, 0) is 24.5 Å². The van der Waals surface area contributed by atoms with Crippen LogP contribution in [0.5, 0.6) is 0 Å². The lowest BCUT2D eigenvalue weighted by atomic mass is 9.77. The maximum absolute atomic E-state index is 11.0. The molecule has 1 aromatic carbocycles. The van der Waals surface area contributed by atoms with E-state index in [0.717, 1.165) is 5.56 Å². The van der Waals surface area contributed by atoms with E-state index in [1.807, 2.05) is 30.3 Å². The summed E-state index contributed by atoms with van der Waals surface area (Å²) in [6.07, 6.45) is -1.29. The van der Waals surface area contributed by atoms with E-state index in [2.05, 4.69) is 0 Å². The van der Waals surface area contributed by atoms with Crippen molar-refractivity contribution in [1.29, 1.82) is 0 Å². The predicted molar refractivity (Wildman–Crippen MR) is 64.4 cm³/mol. The molecule has 3 aliphatic rings. The van der Waals surface area contributed by atoms with Crippen molar-refractivity contribution in [3.8, 4) is 0 Å². The smallest absolute Gasteiger partial charge is 0.226 e. The van der Waals surface area contributed by atoms with Crippen molar-refractivity contribution in [1.82, 2.24) is 0 Å². The quantitative estimate of drug-likeness (QED) is 0.633. The predicted octanol–water partition coefficient (Wildman–Crippen LogP) is 0.412. The maximum atomic E-state index is 11.0. The van der Waals surface area contributed by atoms with Crippen LogP contribution < -0.4 is 0 Å². The molecule has 102 valence electrons. The minimum absolute atomic E-state index is 0.295. The number of fused-ring (bicyclic) bond motifs is 2. The lowest BCUT2D eigenvalue weighted by molar-refractivity contribution is -0.233. The fourth-order valence-corrected chi connectivity index (χ4v) is 3.41. The Morgan fingerprint density at radius 2 is 1.47 bits per heavy atom. The molecule has 0 spiro atoms. The minimum Gasteiger partial charge on any atom is -0.379 e. The molecule has 0 amide bonds. The zero-order valence-electron chi connectivity index (χ0n) is 10.8. The number of aliphatic hydroxyl groups is 1. The Morgan fingerprint density at radius 3 is 1.95 bits per heavy atom. The van der Waals surface area contributed by atoms with E-state index in [4.69, 9.17) is 18.9 Å². The van der Waals surface area contributed by atoms with Crippen LogP contribution in [0, 0.1) is 0 Å². The molecular weight excluding hydrogens is 248 g/mol. The van der Waals surface area contributed by atoms with Crippen molar-refractivity contribution in [2.24, 2.45) is 0 Å². The van der Waals surface area contributed by atoms with Gasteiger partial charge in [0.15, 0.2) is 0 Å². The SMILES string of the molecule is COC1(OC)[C@@H]2O[C@@H]2C(O)(c2ccccc2)[C@@H]2O[C@@H]21. The topological polar surface area (TPSA) is 63.8 Å². The van der Waals surface area contributed by atoms with Gasteiger partial charge in [0.1, 0.15) is 30.0 Å². The van der Waals surface area contributed by atoms with Gasteiger partial charge in [-0.2, -0.15) is 0 Å². The molecule has 19 heavy (non-hydrogen) atoms. The van der Waals surface area contributed by atoms with Gasteiger partial charge in [0.05, 0.1) is 0 Å². The van der Waals surface area contributed by atoms with Gasteiger partial charge in [-0.3, -0.25) is 0 Å². The summed E-state index contributed by atoms with van der Waals surface area (Å²) < 4.78 is 22.3. The first-order valence-corrected chi connectivity index (χ1v) is 6.37. The average molecular weight is 264 g/mol. The van der Waals surface area contributed by atoms with Gasteiger partial charge in [-0.25, -0.2) is 0 Å². The highest BCUT2D eigenvalue weighted by molar-refractivity contribution is 5.36. The van der Waals surface area contributed by atoms with Gasteiger partial charge in [0.2, 0.25) is 5.79 Å². The molecule has 5 atom stereocenters. The molecule has 5 nitrogen and oxygen atoms in total. The number of epoxide rings is 2. The second-order valence-corrected chi connectivity index (χ2v) is 5.28. The molecule has 5 heteroatoms. The lowest BCUT2D eigenvalue weighted by Crippen LogP contribution is -2.56. The summed E-state index contributed by atoms with van der Waals surface area (Å²) in [5, 5.41) is 11.0. The Kier molecular flexibility index (Phi) is 2.21. The third-order valence-electron chi connectivity index (χ3n) is 4.52. The van der Waals surface area contributed by atoms with Crippen LogP contribution in [0.15, 0.2) is 30.3 Å². The highest BCUT2D eigenvalue weighted by atomic mass is 16.8. The summed E-state index contributed by atoms with van der Waals surface area (Å²) in [6.45, 7) is 0. The Morgan fingerprint density at radius 1 is 0.947 bits per heavy atom. The van der Waals surface area contributed by atoms with E-state index < -0.39 is 11.4 Å². The number of benzene rings is 1. The highest BCUT2D eigenvalue weighted by Gasteiger charge is 2.82. The molecule has 0 radical (unpaired) electrons. The minimum atomic E-state index is -1.11. The molecule has 2 aliphatic heterocycles. The third kappa shape index (κ3) is 1.27. The Hall–Kier alpha value is -0.980. The van der Waals surface area contributed by atoms with E-state index in [0.29, 0.717) is 0 Å². The van der Waals surface area contributed by atoms with Gasteiger partial charge < -0.3 is 24.1 Å². The maximum Gasteiger partial charge on any atom is 0.226 e. The normalized spacial score (nSPS) is 45.2. The number of methoxy groups -OCH3 is 2. The van der Waals surface area contributed by atoms with Crippen molar-refractivity contribution in [2.75, 3.05) is 14.2 Å². The zero-order chi connectivity index (χ0) is 13.3. The molecular formula is C14H16O5. The van der Waals surface area contributed by atoms with E-state index >= 15 is 0 Å². The van der Waals surface area contributed by atoms with Crippen molar-refractivity contribution in [3.63, 3.8) is 0 Å². The van der Waals surface area contributed by atoms with Gasteiger partial charge in [-0.15, -0.1) is 0 Å². The van der Waals surface area contributed by atoms with Crippen molar-refractivity contribution >= 4 is 0 Å². The summed E-state index contributed by atoms with van der Waals surface area (Å²) in [5.41, 5.74) is -0.298. The van der Waals surface area contributed by atoms with Gasteiger partial charge >= 0.3 is 0 Å². The molecule has 4 rings (SSSR count). The van der Waals surface area contributed by atoms with Crippen LogP contribution in [0.4, 0.5) is 0 Å². The number of rotatable bonds is 3. The standard InChI is InChI=1S/C14H16O5/c1-16-14(17-2)11-9(18-11)13(15,10-12(14)19-10)8-6-4-3-5-7-8/h3-7,9-12,15H,1-2H3/t9-,10+,11+,12-,13?. The summed E-state index contributed by atoms with van der Waals surface area (Å²) in [5.74, 6) is -0.893. The second kappa shape index (κ2) is 3.56. The Bertz CT molecular complexity index is 478. The molecule has 1 N–H and O–H groups in total. The van der Waals surface area contributed by atoms with Crippen LogP contribution in [0.2, 0.25) is 0 Å². The van der Waals surface area contributed by atoms with Crippen LogP contribution in [0.3, 0.4) is 0 Å². The van der Waals surface area contributed by atoms with Crippen molar-refractivity contribution in [3.05, 3.63) is 35.9 Å². The number of ether oxygens (including phenoxy) is 4. The van der Waals surface area contributed by atoms with Gasteiger partial charge in [-0.05, 0) is 5.56 Å². The molecule has 2 heterocycles. The molecule has 2 saturated heterocycles. The number of hydrogen-bond donors (Lipinski definition) is 1. The molecule has 0 aromatic heterocycles. The van der Waals surface area contributed by atoms with Gasteiger partial charge in [0, 0.05) is 14.2 Å². The van der Waals surface area contributed by atoms with Crippen LogP contribution in [0.25, 0.3) is 0 Å². The van der Waals surface area contributed by atoms with Crippen molar-refractivity contribution < 1.29 is 24.1 Å². The monoisotopic (exact) mass is 264 g/mol. The van der Waals surface area contributed by atoms with Crippen LogP contribution >= 0.6 is 0 Å². The van der Waals surface area contributed by atoms with Crippen LogP contribution in [0.1, 0.15) is 5.56 Å². The van der Waals surface area contributed by atoms with E-state index in [1.54, 1.807) is 14.2 Å². The molecule has 0 bridgehead atoms. The molecule has 1 saturated carbocycles. The van der Waals surface area contributed by atoms with E-state index in [9.17, 15) is 5.11 Å². The van der Waals surface area contributed by atoms with Crippen LogP contribution in [-0.4, -0.2) is 49.5 Å². The third-order valence-corrected chi connectivity index (χ3v) is 4.52. The molecule has 1 aliphatic carbocycles.